The molecule has 0 bridgehead atoms. The van der Waals surface area contributed by atoms with Crippen LogP contribution in [-0.4, -0.2) is 45.1 Å². The molecule has 1 unspecified atom stereocenters. The van der Waals surface area contributed by atoms with Gasteiger partial charge < -0.3 is 24.1 Å². The van der Waals surface area contributed by atoms with Crippen LogP contribution in [0.25, 0.3) is 11.3 Å². The van der Waals surface area contributed by atoms with Crippen molar-refractivity contribution in [2.24, 2.45) is 7.05 Å². The number of hydrogen-bond acceptors (Lipinski definition) is 9. The van der Waals surface area contributed by atoms with Crippen LogP contribution >= 0.6 is 23.1 Å². The molecule has 9 nitrogen and oxygen atoms in total. The predicted octanol–water partition coefficient (Wildman–Crippen LogP) is 4.19. The summed E-state index contributed by atoms with van der Waals surface area (Å²) in [4.78, 5) is 17.0. The number of aromatic nitrogens is 4. The Balaban J connectivity index is 1.17. The van der Waals surface area contributed by atoms with E-state index in [1.165, 1.54) is 23.1 Å². The van der Waals surface area contributed by atoms with E-state index < -0.39 is 0 Å². The van der Waals surface area contributed by atoms with Crippen LogP contribution in [0.5, 0.6) is 17.2 Å². The number of methoxy groups -OCH3 is 1. The predicted molar refractivity (Wildman–Crippen MR) is 130 cm³/mol. The van der Waals surface area contributed by atoms with Crippen molar-refractivity contribution in [1.82, 2.24) is 19.7 Å². The van der Waals surface area contributed by atoms with Crippen molar-refractivity contribution in [2.75, 3.05) is 24.8 Å². The molecule has 0 saturated carbocycles. The number of carbonyl (C=O) groups is 1. The molecule has 3 heterocycles. The first-order chi connectivity index (χ1) is 16.6. The first-order valence-corrected chi connectivity index (χ1v) is 12.3. The van der Waals surface area contributed by atoms with Crippen LogP contribution < -0.4 is 19.5 Å². The van der Waals surface area contributed by atoms with Crippen LogP contribution in [0, 0.1) is 0 Å². The average Bonchev–Trinajstić information content (AvgIpc) is 3.49. The summed E-state index contributed by atoms with van der Waals surface area (Å²) >= 11 is 2.67. The van der Waals surface area contributed by atoms with E-state index in [9.17, 15) is 4.79 Å². The molecule has 0 fully saturated rings. The number of ether oxygens (including phenoxy) is 3. The number of fused-ring (bicyclic) bond motifs is 1. The van der Waals surface area contributed by atoms with E-state index >= 15 is 0 Å². The van der Waals surface area contributed by atoms with Crippen LogP contribution in [0.4, 0.5) is 5.13 Å². The van der Waals surface area contributed by atoms with Crippen LogP contribution in [0.1, 0.15) is 11.9 Å². The zero-order chi connectivity index (χ0) is 23.5. The monoisotopic (exact) mass is 495 g/mol. The largest absolute Gasteiger partial charge is 0.497 e. The fourth-order valence-corrected chi connectivity index (χ4v) is 4.84. The topological polar surface area (TPSA) is 100 Å². The smallest absolute Gasteiger partial charge is 0.236 e. The van der Waals surface area contributed by atoms with E-state index in [1.807, 2.05) is 65.5 Å². The minimum atomic E-state index is -0.373. The summed E-state index contributed by atoms with van der Waals surface area (Å²) < 4.78 is 18.8. The fraction of sp³-hybridized carbons (Fsp3) is 0.217. The van der Waals surface area contributed by atoms with E-state index in [-0.39, 0.29) is 17.8 Å². The van der Waals surface area contributed by atoms with E-state index in [0.29, 0.717) is 34.2 Å². The van der Waals surface area contributed by atoms with Gasteiger partial charge in [0.05, 0.1) is 18.6 Å². The zero-order valence-electron chi connectivity index (χ0n) is 18.4. The summed E-state index contributed by atoms with van der Waals surface area (Å²) in [6.45, 7) is 0.342. The van der Waals surface area contributed by atoms with Crippen LogP contribution in [0.15, 0.2) is 59.1 Å². The zero-order valence-corrected chi connectivity index (χ0v) is 20.1. The van der Waals surface area contributed by atoms with Gasteiger partial charge in [0.15, 0.2) is 33.7 Å². The lowest BCUT2D eigenvalue weighted by Crippen LogP contribution is -2.24. The molecule has 0 aliphatic carbocycles. The Bertz CT molecular complexity index is 1300. The maximum absolute atomic E-state index is 12.5. The van der Waals surface area contributed by atoms with Gasteiger partial charge in [-0.3, -0.25) is 4.79 Å². The number of hydrogen-bond donors (Lipinski definition) is 1. The molecule has 174 valence electrons. The summed E-state index contributed by atoms with van der Waals surface area (Å²) in [5, 5.41) is 14.4. The lowest BCUT2D eigenvalue weighted by molar-refractivity contribution is -0.113. The lowest BCUT2D eigenvalue weighted by Gasteiger charge is -2.25. The lowest BCUT2D eigenvalue weighted by atomic mass is 10.2. The van der Waals surface area contributed by atoms with Gasteiger partial charge in [0.1, 0.15) is 12.4 Å². The van der Waals surface area contributed by atoms with E-state index in [0.717, 1.165) is 17.0 Å². The normalized spacial score (nSPS) is 14.6. The van der Waals surface area contributed by atoms with Crippen molar-refractivity contribution in [2.45, 2.75) is 11.3 Å². The van der Waals surface area contributed by atoms with E-state index in [4.69, 9.17) is 14.2 Å². The molecule has 34 heavy (non-hydrogen) atoms. The summed E-state index contributed by atoms with van der Waals surface area (Å²) in [5.74, 6) is 2.81. The third kappa shape index (κ3) is 4.70. The Morgan fingerprint density at radius 1 is 1.21 bits per heavy atom. The second-order valence-corrected chi connectivity index (χ2v) is 9.17. The first-order valence-electron chi connectivity index (χ1n) is 10.4. The van der Waals surface area contributed by atoms with Gasteiger partial charge in [0.2, 0.25) is 5.91 Å². The standard InChI is InChI=1S/C23H21N5O4S2/c1-28-21(19-11-31-17-5-3-4-6-18(17)32-19)26-27-23(28)34-13-20(29)25-22-24-16(12-33-22)14-7-9-15(30-2)10-8-14/h3-10,12,19H,11,13H2,1-2H3,(H,24,25,29). The number of thiazole rings is 1. The van der Waals surface area contributed by atoms with Gasteiger partial charge in [-0.1, -0.05) is 23.9 Å². The Morgan fingerprint density at radius 3 is 2.79 bits per heavy atom. The minimum Gasteiger partial charge on any atom is -0.497 e. The Labute approximate surface area is 204 Å². The summed E-state index contributed by atoms with van der Waals surface area (Å²) in [6.07, 6.45) is -0.373. The fourth-order valence-electron chi connectivity index (χ4n) is 3.39. The molecule has 1 aliphatic heterocycles. The first kappa shape index (κ1) is 22.2. The van der Waals surface area contributed by atoms with Gasteiger partial charge in [-0.2, -0.15) is 0 Å². The molecule has 5 rings (SSSR count). The summed E-state index contributed by atoms with van der Waals surface area (Å²) in [7, 11) is 3.48. The van der Waals surface area contributed by atoms with Gasteiger partial charge in [-0.15, -0.1) is 21.5 Å². The second kappa shape index (κ2) is 9.74. The highest BCUT2D eigenvalue weighted by atomic mass is 32.2. The minimum absolute atomic E-state index is 0.170. The van der Waals surface area contributed by atoms with Gasteiger partial charge in [-0.05, 0) is 36.4 Å². The molecule has 1 amide bonds. The molecule has 0 radical (unpaired) electrons. The highest BCUT2D eigenvalue weighted by molar-refractivity contribution is 7.99. The highest BCUT2D eigenvalue weighted by Gasteiger charge is 2.27. The molecule has 0 saturated heterocycles. The van der Waals surface area contributed by atoms with Gasteiger partial charge >= 0.3 is 0 Å². The second-order valence-electron chi connectivity index (χ2n) is 7.37. The number of benzene rings is 2. The molecular formula is C23H21N5O4S2. The number of thioether (sulfide) groups is 1. The number of amides is 1. The Kier molecular flexibility index (Phi) is 6.37. The number of anilines is 1. The van der Waals surface area contributed by atoms with E-state index in [1.54, 1.807) is 7.11 Å². The molecule has 1 N–H and O–H groups in total. The summed E-state index contributed by atoms with van der Waals surface area (Å²) in [5.41, 5.74) is 1.75. The molecule has 1 aliphatic rings. The molecular weight excluding hydrogens is 474 g/mol. The van der Waals surface area contributed by atoms with Gasteiger partial charge in [0.25, 0.3) is 0 Å². The Morgan fingerprint density at radius 2 is 2.00 bits per heavy atom. The van der Waals surface area contributed by atoms with Crippen molar-refractivity contribution in [3.05, 3.63) is 59.7 Å². The quantitative estimate of drug-likeness (QED) is 0.381. The molecule has 2 aromatic carbocycles. The van der Waals surface area contributed by atoms with Crippen molar-refractivity contribution in [3.63, 3.8) is 0 Å². The maximum atomic E-state index is 12.5. The number of nitrogens with one attached hydrogen (secondary N) is 1. The maximum Gasteiger partial charge on any atom is 0.236 e. The molecule has 0 spiro atoms. The van der Waals surface area contributed by atoms with E-state index in [2.05, 4.69) is 20.5 Å². The highest BCUT2D eigenvalue weighted by Crippen LogP contribution is 2.36. The molecule has 1 atom stereocenters. The molecule has 4 aromatic rings. The SMILES string of the molecule is COc1ccc(-c2csc(NC(=O)CSc3nnc(C4COc5ccccc5O4)n3C)n2)cc1. The third-order valence-electron chi connectivity index (χ3n) is 5.13. The number of para-hydroxylation sites is 2. The van der Waals surface area contributed by atoms with Gasteiger partial charge in [0, 0.05) is 18.0 Å². The number of rotatable bonds is 7. The van der Waals surface area contributed by atoms with Crippen LogP contribution in [0.3, 0.4) is 0 Å². The van der Waals surface area contributed by atoms with Crippen molar-refractivity contribution < 1.29 is 19.0 Å². The molecule has 11 heteroatoms. The third-order valence-corrected chi connectivity index (χ3v) is 6.91. The van der Waals surface area contributed by atoms with Crippen molar-refractivity contribution in [3.8, 4) is 28.5 Å². The molecule has 2 aromatic heterocycles. The van der Waals surface area contributed by atoms with Crippen LogP contribution in [-0.2, 0) is 11.8 Å². The number of carbonyl (C=O) groups excluding carboxylic acids is 1. The number of nitrogens with zero attached hydrogens (tertiary/aromatic N) is 4. The summed E-state index contributed by atoms with van der Waals surface area (Å²) in [6, 6.07) is 15.1. The van der Waals surface area contributed by atoms with Crippen molar-refractivity contribution in [1.29, 1.82) is 0 Å². The Hall–Kier alpha value is -3.57. The van der Waals surface area contributed by atoms with Crippen molar-refractivity contribution >= 4 is 34.1 Å². The van der Waals surface area contributed by atoms with Crippen LogP contribution in [0.2, 0.25) is 0 Å². The van der Waals surface area contributed by atoms with Gasteiger partial charge in [-0.25, -0.2) is 4.98 Å². The average molecular weight is 496 g/mol.